The number of hydrogen-bond acceptors (Lipinski definition) is 4. The van der Waals surface area contributed by atoms with Crippen molar-refractivity contribution >= 4 is 0 Å². The maximum absolute atomic E-state index is 6.00. The molecule has 2 aliphatic rings. The zero-order valence-electron chi connectivity index (χ0n) is 10.2. The van der Waals surface area contributed by atoms with Crippen LogP contribution in [0.2, 0.25) is 0 Å². The Balaban J connectivity index is 1.88. The highest BCUT2D eigenvalue weighted by Crippen LogP contribution is 2.23. The molecule has 2 aliphatic heterocycles. The second kappa shape index (κ2) is 5.96. The molecule has 2 saturated heterocycles. The Morgan fingerprint density at radius 3 is 2.12 bits per heavy atom. The predicted octanol–water partition coefficient (Wildman–Crippen LogP) is 0.574. The summed E-state index contributed by atoms with van der Waals surface area (Å²) in [5, 5.41) is 3.28. The number of nitrogens with zero attached hydrogens (tertiary/aromatic N) is 1. The van der Waals surface area contributed by atoms with Gasteiger partial charge in [0.25, 0.3) is 0 Å². The second-order valence-electron chi connectivity index (χ2n) is 5.28. The van der Waals surface area contributed by atoms with Crippen LogP contribution in [0.5, 0.6) is 0 Å². The first-order chi connectivity index (χ1) is 7.75. The monoisotopic (exact) mass is 226 g/mol. The number of nitrogens with one attached hydrogen (secondary N) is 1. The number of fused-ring (bicyclic) bond motifs is 1. The van der Waals surface area contributed by atoms with E-state index in [2.05, 4.69) is 10.2 Å². The molecule has 3 atom stereocenters. The Morgan fingerprint density at radius 2 is 1.38 bits per heavy atom. The number of hydrogen-bond donors (Lipinski definition) is 3. The van der Waals surface area contributed by atoms with Crippen molar-refractivity contribution in [2.24, 2.45) is 11.5 Å². The minimum absolute atomic E-state index is 0.0779. The van der Waals surface area contributed by atoms with Crippen LogP contribution in [0, 0.1) is 0 Å². The van der Waals surface area contributed by atoms with Crippen LogP contribution in [-0.2, 0) is 0 Å². The Labute approximate surface area is 98.7 Å². The van der Waals surface area contributed by atoms with Gasteiger partial charge in [-0.1, -0.05) is 0 Å². The van der Waals surface area contributed by atoms with Gasteiger partial charge >= 0.3 is 0 Å². The van der Waals surface area contributed by atoms with E-state index in [1.54, 1.807) is 0 Å². The lowest BCUT2D eigenvalue weighted by molar-refractivity contribution is 0.234. The van der Waals surface area contributed by atoms with Crippen molar-refractivity contribution < 1.29 is 0 Å². The van der Waals surface area contributed by atoms with Crippen LogP contribution in [0.3, 0.4) is 0 Å². The molecule has 0 bridgehead atoms. The molecular weight excluding hydrogens is 200 g/mol. The van der Waals surface area contributed by atoms with E-state index in [0.29, 0.717) is 0 Å². The Kier molecular flexibility index (Phi) is 4.58. The van der Waals surface area contributed by atoms with Crippen LogP contribution < -0.4 is 16.8 Å². The van der Waals surface area contributed by atoms with Gasteiger partial charge in [0, 0.05) is 6.04 Å². The number of nitrogens with two attached hydrogens (primary N) is 2. The third-order valence-electron chi connectivity index (χ3n) is 3.94. The highest BCUT2D eigenvalue weighted by Gasteiger charge is 2.24. The average Bonchev–Trinajstić information content (AvgIpc) is 2.64. The Morgan fingerprint density at radius 1 is 0.812 bits per heavy atom. The maximum Gasteiger partial charge on any atom is 0.0558 e. The van der Waals surface area contributed by atoms with Crippen LogP contribution in [0.1, 0.15) is 44.9 Å². The molecule has 0 amide bonds. The molecule has 0 saturated carbocycles. The van der Waals surface area contributed by atoms with Gasteiger partial charge in [-0.2, -0.15) is 0 Å². The maximum atomic E-state index is 6.00. The van der Waals surface area contributed by atoms with E-state index in [1.807, 2.05) is 0 Å². The van der Waals surface area contributed by atoms with Crippen molar-refractivity contribution in [2.75, 3.05) is 13.1 Å². The smallest absolute Gasteiger partial charge is 0.0558 e. The third-order valence-corrected chi connectivity index (χ3v) is 3.94. The van der Waals surface area contributed by atoms with Gasteiger partial charge in [-0.05, 0) is 58.0 Å². The lowest BCUT2D eigenvalue weighted by Gasteiger charge is -2.24. The van der Waals surface area contributed by atoms with Crippen molar-refractivity contribution in [1.82, 2.24) is 10.2 Å². The first-order valence-corrected chi connectivity index (χ1v) is 6.77. The topological polar surface area (TPSA) is 67.3 Å². The molecule has 4 nitrogen and oxygen atoms in total. The fraction of sp³-hybridized carbons (Fsp3) is 1.00. The summed E-state index contributed by atoms with van der Waals surface area (Å²) < 4.78 is 0. The van der Waals surface area contributed by atoms with Gasteiger partial charge in [0.2, 0.25) is 0 Å². The summed E-state index contributed by atoms with van der Waals surface area (Å²) in [5.41, 5.74) is 12.0. The summed E-state index contributed by atoms with van der Waals surface area (Å²) in [7, 11) is 0. The summed E-state index contributed by atoms with van der Waals surface area (Å²) in [5.74, 6) is 0. The fourth-order valence-electron chi connectivity index (χ4n) is 3.05. The third kappa shape index (κ3) is 3.42. The van der Waals surface area contributed by atoms with E-state index < -0.39 is 0 Å². The minimum Gasteiger partial charge on any atom is -0.316 e. The zero-order chi connectivity index (χ0) is 11.4. The van der Waals surface area contributed by atoms with Crippen LogP contribution in [0.25, 0.3) is 0 Å². The molecule has 94 valence electrons. The van der Waals surface area contributed by atoms with E-state index in [-0.39, 0.29) is 12.3 Å². The summed E-state index contributed by atoms with van der Waals surface area (Å²) >= 11 is 0. The van der Waals surface area contributed by atoms with Gasteiger partial charge in [-0.25, -0.2) is 0 Å². The molecule has 0 radical (unpaired) electrons. The normalized spacial score (nSPS) is 39.0. The van der Waals surface area contributed by atoms with Crippen LogP contribution in [0.4, 0.5) is 0 Å². The predicted molar refractivity (Wildman–Crippen MR) is 66.8 cm³/mol. The molecule has 16 heavy (non-hydrogen) atoms. The second-order valence-corrected chi connectivity index (χ2v) is 5.28. The summed E-state index contributed by atoms with van der Waals surface area (Å²) in [6.45, 7) is 2.51. The average molecular weight is 226 g/mol. The molecule has 0 aromatic carbocycles. The van der Waals surface area contributed by atoms with Gasteiger partial charge in [0.15, 0.2) is 0 Å². The SMILES string of the molecule is NC1CCCC2CCCN2CCCC(N)N1. The molecule has 0 aliphatic carbocycles. The quantitative estimate of drug-likeness (QED) is 0.565. The van der Waals surface area contributed by atoms with Crippen molar-refractivity contribution in [3.05, 3.63) is 0 Å². The van der Waals surface area contributed by atoms with E-state index in [1.165, 1.54) is 45.2 Å². The van der Waals surface area contributed by atoms with Gasteiger partial charge in [0.1, 0.15) is 0 Å². The minimum atomic E-state index is 0.0779. The Bertz CT molecular complexity index is 189. The Hall–Kier alpha value is -0.160. The van der Waals surface area contributed by atoms with E-state index >= 15 is 0 Å². The fourth-order valence-corrected chi connectivity index (χ4v) is 3.05. The number of rotatable bonds is 0. The van der Waals surface area contributed by atoms with Gasteiger partial charge in [0.05, 0.1) is 12.3 Å². The van der Waals surface area contributed by atoms with Crippen molar-refractivity contribution in [2.45, 2.75) is 63.3 Å². The van der Waals surface area contributed by atoms with Crippen molar-refractivity contribution in [3.8, 4) is 0 Å². The van der Waals surface area contributed by atoms with Gasteiger partial charge in [-0.3, -0.25) is 5.32 Å². The first kappa shape index (κ1) is 12.3. The highest BCUT2D eigenvalue weighted by molar-refractivity contribution is 4.80. The zero-order valence-corrected chi connectivity index (χ0v) is 10.2. The standard InChI is InChI=1S/C12H26N4/c13-11-6-1-4-10-5-2-8-16(10)9-3-7-12(14)15-11/h10-12,15H,1-9,13-14H2. The van der Waals surface area contributed by atoms with Crippen molar-refractivity contribution in [3.63, 3.8) is 0 Å². The van der Waals surface area contributed by atoms with Gasteiger partial charge < -0.3 is 16.4 Å². The molecule has 3 unspecified atom stereocenters. The highest BCUT2D eigenvalue weighted by atomic mass is 15.2. The lowest BCUT2D eigenvalue weighted by Crippen LogP contribution is -2.48. The molecule has 2 rings (SSSR count). The van der Waals surface area contributed by atoms with Crippen LogP contribution in [0.15, 0.2) is 0 Å². The largest absolute Gasteiger partial charge is 0.316 e. The molecule has 0 spiro atoms. The van der Waals surface area contributed by atoms with Crippen LogP contribution in [-0.4, -0.2) is 36.4 Å². The van der Waals surface area contributed by atoms with Crippen molar-refractivity contribution in [1.29, 1.82) is 0 Å². The molecule has 2 fully saturated rings. The summed E-state index contributed by atoms with van der Waals surface area (Å²) in [6.07, 6.45) is 8.74. The van der Waals surface area contributed by atoms with E-state index in [4.69, 9.17) is 11.5 Å². The molecule has 5 N–H and O–H groups in total. The first-order valence-electron chi connectivity index (χ1n) is 6.77. The lowest BCUT2D eigenvalue weighted by atomic mass is 10.1. The molecule has 0 aromatic rings. The molecular formula is C12H26N4. The molecule has 0 aromatic heterocycles. The van der Waals surface area contributed by atoms with Gasteiger partial charge in [-0.15, -0.1) is 0 Å². The summed E-state index contributed by atoms with van der Waals surface area (Å²) in [4.78, 5) is 2.66. The molecule has 2 heterocycles. The van der Waals surface area contributed by atoms with Crippen LogP contribution >= 0.6 is 0 Å². The molecule has 4 heteroatoms. The summed E-state index contributed by atoms with van der Waals surface area (Å²) in [6, 6.07) is 0.821. The van der Waals surface area contributed by atoms with E-state index in [9.17, 15) is 0 Å². The van der Waals surface area contributed by atoms with E-state index in [0.717, 1.165) is 18.9 Å².